The number of rotatable bonds is 5. The van der Waals surface area contributed by atoms with Gasteiger partial charge in [-0.3, -0.25) is 14.9 Å². The lowest BCUT2D eigenvalue weighted by atomic mass is 9.95. The van der Waals surface area contributed by atoms with Gasteiger partial charge in [0.1, 0.15) is 0 Å². The smallest absolute Gasteiger partial charge is 0.321 e. The molecule has 3 amide bonds. The van der Waals surface area contributed by atoms with Crippen molar-refractivity contribution < 1.29 is 19.5 Å². The van der Waals surface area contributed by atoms with Gasteiger partial charge < -0.3 is 10.4 Å². The summed E-state index contributed by atoms with van der Waals surface area (Å²) in [6, 6.07) is -0.447. The lowest BCUT2D eigenvalue weighted by molar-refractivity contribution is -0.138. The molecule has 108 valence electrons. The van der Waals surface area contributed by atoms with Crippen LogP contribution in [0.25, 0.3) is 0 Å². The summed E-state index contributed by atoms with van der Waals surface area (Å²) in [4.78, 5) is 33.2. The average molecular weight is 288 g/mol. The highest BCUT2D eigenvalue weighted by Crippen LogP contribution is 2.26. The number of imide groups is 1. The summed E-state index contributed by atoms with van der Waals surface area (Å²) >= 11 is 1.72. The highest BCUT2D eigenvalue weighted by molar-refractivity contribution is 7.99. The summed E-state index contributed by atoms with van der Waals surface area (Å²) < 4.78 is 0. The molecule has 3 N–H and O–H groups in total. The Hall–Kier alpha value is -1.24. The minimum absolute atomic E-state index is 0.0797. The van der Waals surface area contributed by atoms with Gasteiger partial charge in [0.05, 0.1) is 6.42 Å². The molecule has 0 saturated heterocycles. The van der Waals surface area contributed by atoms with Crippen LogP contribution in [0.2, 0.25) is 0 Å². The van der Waals surface area contributed by atoms with Crippen molar-refractivity contribution in [3.05, 3.63) is 0 Å². The Morgan fingerprint density at radius 1 is 1.21 bits per heavy atom. The Morgan fingerprint density at radius 3 is 2.53 bits per heavy atom. The number of carbonyl (C=O) groups excluding carboxylic acids is 2. The highest BCUT2D eigenvalue weighted by atomic mass is 32.2. The van der Waals surface area contributed by atoms with E-state index in [9.17, 15) is 14.4 Å². The molecule has 7 heteroatoms. The SMILES string of the molecule is CSC1CCCCC1NC(=O)NC(=O)CCC(=O)O. The van der Waals surface area contributed by atoms with Crippen LogP contribution in [0.5, 0.6) is 0 Å². The van der Waals surface area contributed by atoms with Crippen LogP contribution in [-0.4, -0.2) is 40.6 Å². The second-order valence-electron chi connectivity index (χ2n) is 4.58. The highest BCUT2D eigenvalue weighted by Gasteiger charge is 2.26. The van der Waals surface area contributed by atoms with E-state index in [-0.39, 0.29) is 18.9 Å². The number of amides is 3. The van der Waals surface area contributed by atoms with Gasteiger partial charge in [0.2, 0.25) is 5.91 Å². The van der Waals surface area contributed by atoms with Crippen LogP contribution in [0.1, 0.15) is 38.5 Å². The maximum atomic E-state index is 11.6. The lowest BCUT2D eigenvalue weighted by Crippen LogP contribution is -2.49. The summed E-state index contributed by atoms with van der Waals surface area (Å²) in [5, 5.41) is 13.8. The molecule has 1 rings (SSSR count). The van der Waals surface area contributed by atoms with Gasteiger partial charge >= 0.3 is 12.0 Å². The van der Waals surface area contributed by atoms with E-state index in [0.717, 1.165) is 19.3 Å². The molecule has 1 aliphatic rings. The zero-order valence-corrected chi connectivity index (χ0v) is 11.8. The third-order valence-corrected chi connectivity index (χ3v) is 4.31. The van der Waals surface area contributed by atoms with Gasteiger partial charge in [0.15, 0.2) is 0 Å². The van der Waals surface area contributed by atoms with E-state index < -0.39 is 17.9 Å². The summed E-state index contributed by atoms with van der Waals surface area (Å²) in [6.45, 7) is 0. The zero-order valence-electron chi connectivity index (χ0n) is 11.0. The first-order valence-corrected chi connectivity index (χ1v) is 7.66. The number of hydrogen-bond acceptors (Lipinski definition) is 4. The number of urea groups is 1. The van der Waals surface area contributed by atoms with Gasteiger partial charge in [-0.15, -0.1) is 0 Å². The predicted octanol–water partition coefficient (Wildman–Crippen LogP) is 1.35. The van der Waals surface area contributed by atoms with Crippen molar-refractivity contribution in [2.45, 2.75) is 49.8 Å². The van der Waals surface area contributed by atoms with Crippen LogP contribution >= 0.6 is 11.8 Å². The van der Waals surface area contributed by atoms with Crippen molar-refractivity contribution in [2.24, 2.45) is 0 Å². The second kappa shape index (κ2) is 8.04. The van der Waals surface area contributed by atoms with Crippen molar-refractivity contribution in [3.8, 4) is 0 Å². The molecular weight excluding hydrogens is 268 g/mol. The molecule has 0 heterocycles. The first kappa shape index (κ1) is 15.8. The molecule has 0 spiro atoms. The first-order valence-electron chi connectivity index (χ1n) is 6.38. The number of hydrogen-bond donors (Lipinski definition) is 3. The maximum Gasteiger partial charge on any atom is 0.321 e. The number of carbonyl (C=O) groups is 3. The van der Waals surface area contributed by atoms with Crippen molar-refractivity contribution in [1.82, 2.24) is 10.6 Å². The molecular formula is C12H20N2O4S. The van der Waals surface area contributed by atoms with Crippen molar-refractivity contribution >= 4 is 29.7 Å². The summed E-state index contributed by atoms with van der Waals surface area (Å²) in [7, 11) is 0. The van der Waals surface area contributed by atoms with Crippen LogP contribution in [0.4, 0.5) is 4.79 Å². The molecule has 0 aliphatic heterocycles. The Bertz CT molecular complexity index is 349. The molecule has 0 radical (unpaired) electrons. The van der Waals surface area contributed by atoms with Gasteiger partial charge in [0, 0.05) is 17.7 Å². The molecule has 0 aromatic carbocycles. The van der Waals surface area contributed by atoms with Crippen LogP contribution in [0, 0.1) is 0 Å². The van der Waals surface area contributed by atoms with Crippen molar-refractivity contribution in [2.75, 3.05) is 6.26 Å². The largest absolute Gasteiger partial charge is 0.481 e. The number of aliphatic carboxylic acids is 1. The van der Waals surface area contributed by atoms with Gasteiger partial charge in [0.25, 0.3) is 0 Å². The summed E-state index contributed by atoms with van der Waals surface area (Å²) in [5.74, 6) is -1.61. The van der Waals surface area contributed by atoms with E-state index in [4.69, 9.17) is 5.11 Å². The Balaban J connectivity index is 2.33. The molecule has 0 aromatic rings. The van der Waals surface area contributed by atoms with Gasteiger partial charge in [-0.2, -0.15) is 11.8 Å². The number of carboxylic acids is 1. The lowest BCUT2D eigenvalue weighted by Gasteiger charge is -2.30. The average Bonchev–Trinajstić information content (AvgIpc) is 2.37. The maximum absolute atomic E-state index is 11.6. The number of carboxylic acid groups (broad SMARTS) is 1. The molecule has 19 heavy (non-hydrogen) atoms. The minimum atomic E-state index is -1.05. The quantitative estimate of drug-likeness (QED) is 0.709. The van der Waals surface area contributed by atoms with Crippen LogP contribution < -0.4 is 10.6 Å². The third kappa shape index (κ3) is 5.96. The fourth-order valence-electron chi connectivity index (χ4n) is 2.16. The Morgan fingerprint density at radius 2 is 1.89 bits per heavy atom. The van der Waals surface area contributed by atoms with Crippen LogP contribution in [0.15, 0.2) is 0 Å². The zero-order chi connectivity index (χ0) is 14.3. The molecule has 6 nitrogen and oxygen atoms in total. The van der Waals surface area contributed by atoms with E-state index in [1.54, 1.807) is 11.8 Å². The van der Waals surface area contributed by atoms with Crippen molar-refractivity contribution in [1.29, 1.82) is 0 Å². The van der Waals surface area contributed by atoms with Crippen molar-refractivity contribution in [3.63, 3.8) is 0 Å². The fourth-order valence-corrected chi connectivity index (χ4v) is 3.09. The fraction of sp³-hybridized carbons (Fsp3) is 0.750. The van der Waals surface area contributed by atoms with E-state index in [1.165, 1.54) is 6.42 Å². The molecule has 1 saturated carbocycles. The van der Waals surface area contributed by atoms with E-state index in [2.05, 4.69) is 10.6 Å². The molecule has 1 fully saturated rings. The monoisotopic (exact) mass is 288 g/mol. The van der Waals surface area contributed by atoms with Crippen LogP contribution in [0.3, 0.4) is 0 Å². The normalized spacial score (nSPS) is 22.6. The van der Waals surface area contributed by atoms with E-state index >= 15 is 0 Å². The van der Waals surface area contributed by atoms with Crippen LogP contribution in [-0.2, 0) is 9.59 Å². The van der Waals surface area contributed by atoms with Gasteiger partial charge in [-0.25, -0.2) is 4.79 Å². The number of thioether (sulfide) groups is 1. The molecule has 2 atom stereocenters. The minimum Gasteiger partial charge on any atom is -0.481 e. The molecule has 2 unspecified atom stereocenters. The summed E-state index contributed by atoms with van der Waals surface area (Å²) in [5.41, 5.74) is 0. The predicted molar refractivity (Wildman–Crippen MR) is 73.1 cm³/mol. The first-order chi connectivity index (χ1) is 9.02. The molecule has 0 aromatic heterocycles. The Kier molecular flexibility index (Phi) is 6.69. The van der Waals surface area contributed by atoms with Gasteiger partial charge in [-0.05, 0) is 19.1 Å². The van der Waals surface area contributed by atoms with Gasteiger partial charge in [-0.1, -0.05) is 12.8 Å². The third-order valence-electron chi connectivity index (χ3n) is 3.14. The topological polar surface area (TPSA) is 95.5 Å². The molecule has 1 aliphatic carbocycles. The van der Waals surface area contributed by atoms with E-state index in [1.807, 2.05) is 6.26 Å². The Labute approximate surface area is 116 Å². The number of nitrogens with one attached hydrogen (secondary N) is 2. The van der Waals surface area contributed by atoms with E-state index in [0.29, 0.717) is 5.25 Å². The summed E-state index contributed by atoms with van der Waals surface area (Å²) in [6.07, 6.45) is 5.80. The standard InChI is InChI=1S/C12H20N2O4S/c1-19-9-5-3-2-4-8(9)13-12(18)14-10(15)6-7-11(16)17/h8-9H,2-7H2,1H3,(H,16,17)(H2,13,14,15,18). The second-order valence-corrected chi connectivity index (χ2v) is 5.66. The molecule has 0 bridgehead atoms.